The molecule has 4 N–H and O–H groups in total. The first-order valence-corrected chi connectivity index (χ1v) is 11.6. The third-order valence-corrected chi connectivity index (χ3v) is 6.70. The second kappa shape index (κ2) is 9.39. The normalized spacial score (nSPS) is 20.7. The third kappa shape index (κ3) is 4.95. The molecule has 1 aromatic heterocycles. The van der Waals surface area contributed by atoms with Gasteiger partial charge < -0.3 is 25.7 Å². The monoisotopic (exact) mass is 497 g/mol. The number of anilines is 1. The summed E-state index contributed by atoms with van der Waals surface area (Å²) < 4.78 is 5.24. The zero-order chi connectivity index (χ0) is 24.5. The quantitative estimate of drug-likeness (QED) is 0.207. The number of carboxylic acid groups (broad SMARTS) is 1. The minimum absolute atomic E-state index is 0.165. The summed E-state index contributed by atoms with van der Waals surface area (Å²) in [6, 6.07) is -0.978. The van der Waals surface area contributed by atoms with Crippen LogP contribution in [0.15, 0.2) is 21.8 Å². The van der Waals surface area contributed by atoms with Gasteiger partial charge in [0.1, 0.15) is 36.5 Å². The molecule has 14 heteroatoms. The standard InChI is InChI=1S/C19H23N5O7S2/c1-19(2,3)17(29)31-5-8-6-32-15-11(14(26)24(15)12(8)16(27)28)22-13(25)10(23-30-4)9-7-33-18(20)21-9/h7,11,15H,5-6H2,1-4H3,(H2,20,21)(H,22,25)(H,27,28)/t11?,15-/m0/s1. The lowest BCUT2D eigenvalue weighted by Crippen LogP contribution is -2.71. The Balaban J connectivity index is 1.75. The second-order valence-electron chi connectivity index (χ2n) is 8.14. The first-order chi connectivity index (χ1) is 15.5. The molecule has 0 saturated carbocycles. The Morgan fingerprint density at radius 2 is 2.09 bits per heavy atom. The number of carboxylic acids is 1. The van der Waals surface area contributed by atoms with Crippen LogP contribution in [-0.4, -0.2) is 75.3 Å². The number of hydrogen-bond donors (Lipinski definition) is 3. The molecule has 2 atom stereocenters. The van der Waals surface area contributed by atoms with Crippen LogP contribution in [-0.2, 0) is 28.8 Å². The van der Waals surface area contributed by atoms with Crippen molar-refractivity contribution in [2.45, 2.75) is 32.2 Å². The topological polar surface area (TPSA) is 174 Å². The van der Waals surface area contributed by atoms with E-state index in [0.29, 0.717) is 5.57 Å². The number of aliphatic carboxylic acids is 1. The van der Waals surface area contributed by atoms with Crippen LogP contribution in [0.2, 0.25) is 0 Å². The third-order valence-electron chi connectivity index (χ3n) is 4.69. The number of oxime groups is 1. The molecular weight excluding hydrogens is 474 g/mol. The van der Waals surface area contributed by atoms with Gasteiger partial charge in [-0.1, -0.05) is 5.16 Å². The van der Waals surface area contributed by atoms with E-state index >= 15 is 0 Å². The number of nitrogens with two attached hydrogens (primary N) is 1. The van der Waals surface area contributed by atoms with Crippen molar-refractivity contribution in [3.63, 3.8) is 0 Å². The Morgan fingerprint density at radius 1 is 1.39 bits per heavy atom. The van der Waals surface area contributed by atoms with Crippen molar-refractivity contribution in [3.05, 3.63) is 22.3 Å². The van der Waals surface area contributed by atoms with E-state index in [1.807, 2.05) is 0 Å². The van der Waals surface area contributed by atoms with E-state index in [1.54, 1.807) is 20.8 Å². The number of nitrogen functional groups attached to an aromatic ring is 1. The highest BCUT2D eigenvalue weighted by Gasteiger charge is 2.54. The largest absolute Gasteiger partial charge is 0.477 e. The van der Waals surface area contributed by atoms with Crippen LogP contribution in [0.4, 0.5) is 5.13 Å². The van der Waals surface area contributed by atoms with Gasteiger partial charge in [0.25, 0.3) is 11.8 Å². The minimum atomic E-state index is -1.32. The van der Waals surface area contributed by atoms with Gasteiger partial charge in [0, 0.05) is 16.7 Å². The summed E-state index contributed by atoms with van der Waals surface area (Å²) in [4.78, 5) is 59.3. The molecule has 0 aliphatic carbocycles. The number of esters is 1. The molecule has 2 aliphatic rings. The number of thioether (sulfide) groups is 1. The average Bonchev–Trinajstić information content (AvgIpc) is 3.17. The molecule has 1 unspecified atom stereocenters. The molecular formula is C19H23N5O7S2. The van der Waals surface area contributed by atoms with Gasteiger partial charge in [0.05, 0.1) is 5.41 Å². The molecule has 3 rings (SSSR count). The highest BCUT2D eigenvalue weighted by atomic mass is 32.2. The predicted molar refractivity (Wildman–Crippen MR) is 120 cm³/mol. The summed E-state index contributed by atoms with van der Waals surface area (Å²) in [6.45, 7) is 4.80. The first-order valence-electron chi connectivity index (χ1n) is 9.66. The van der Waals surface area contributed by atoms with E-state index in [0.717, 1.165) is 16.2 Å². The second-order valence-corrected chi connectivity index (χ2v) is 10.1. The van der Waals surface area contributed by atoms with Gasteiger partial charge in [-0.25, -0.2) is 9.78 Å². The molecule has 1 aromatic rings. The first kappa shape index (κ1) is 24.5. The van der Waals surface area contributed by atoms with Gasteiger partial charge in [-0.2, -0.15) is 0 Å². The molecule has 1 fully saturated rings. The number of rotatable bonds is 7. The Morgan fingerprint density at radius 3 is 2.64 bits per heavy atom. The summed E-state index contributed by atoms with van der Waals surface area (Å²) >= 11 is 2.36. The molecule has 33 heavy (non-hydrogen) atoms. The van der Waals surface area contributed by atoms with Crippen LogP contribution >= 0.6 is 23.1 Å². The maximum atomic E-state index is 12.8. The fourth-order valence-corrected chi connectivity index (χ4v) is 4.94. The Labute approximate surface area is 197 Å². The van der Waals surface area contributed by atoms with Crippen molar-refractivity contribution in [2.24, 2.45) is 10.6 Å². The molecule has 0 spiro atoms. The number of thiazole rings is 1. The van der Waals surface area contributed by atoms with Crippen LogP contribution in [0, 0.1) is 5.41 Å². The lowest BCUT2D eigenvalue weighted by Gasteiger charge is -2.49. The van der Waals surface area contributed by atoms with Crippen molar-refractivity contribution in [1.29, 1.82) is 0 Å². The van der Waals surface area contributed by atoms with Gasteiger partial charge in [0.2, 0.25) is 0 Å². The van der Waals surface area contributed by atoms with Gasteiger partial charge in [0.15, 0.2) is 10.8 Å². The van der Waals surface area contributed by atoms with Crippen molar-refractivity contribution >= 4 is 57.7 Å². The van der Waals surface area contributed by atoms with Gasteiger partial charge >= 0.3 is 11.9 Å². The maximum absolute atomic E-state index is 12.8. The lowest BCUT2D eigenvalue weighted by molar-refractivity contribution is -0.153. The molecule has 2 aliphatic heterocycles. The molecule has 0 radical (unpaired) electrons. The molecule has 2 amide bonds. The summed E-state index contributed by atoms with van der Waals surface area (Å²) in [5, 5.41) is 17.1. The zero-order valence-electron chi connectivity index (χ0n) is 18.3. The highest BCUT2D eigenvalue weighted by Crippen LogP contribution is 2.40. The predicted octanol–water partition coefficient (Wildman–Crippen LogP) is 0.404. The summed E-state index contributed by atoms with van der Waals surface area (Å²) in [6.07, 6.45) is 0. The number of aromatic nitrogens is 1. The summed E-state index contributed by atoms with van der Waals surface area (Å²) in [5.41, 5.74) is 4.94. The molecule has 12 nitrogen and oxygen atoms in total. The Hall–Kier alpha value is -3.13. The average molecular weight is 498 g/mol. The number of nitrogens with zero attached hydrogens (tertiary/aromatic N) is 3. The van der Waals surface area contributed by atoms with Gasteiger partial charge in [-0.05, 0) is 20.8 Å². The number of β-lactam (4-membered cyclic amide) rings is 1. The van der Waals surface area contributed by atoms with Crippen LogP contribution in [0.3, 0.4) is 0 Å². The van der Waals surface area contributed by atoms with Crippen molar-refractivity contribution in [2.75, 3.05) is 25.2 Å². The highest BCUT2D eigenvalue weighted by molar-refractivity contribution is 8.00. The van der Waals surface area contributed by atoms with E-state index < -0.39 is 40.6 Å². The van der Waals surface area contributed by atoms with E-state index in [-0.39, 0.29) is 34.6 Å². The summed E-state index contributed by atoms with van der Waals surface area (Å²) in [5.74, 6) is -2.92. The fourth-order valence-electron chi connectivity index (χ4n) is 3.07. The maximum Gasteiger partial charge on any atom is 0.352 e. The Kier molecular flexibility index (Phi) is 6.97. The number of nitrogens with one attached hydrogen (secondary N) is 1. The van der Waals surface area contributed by atoms with Crippen LogP contribution < -0.4 is 11.1 Å². The molecule has 178 valence electrons. The molecule has 0 aromatic carbocycles. The van der Waals surface area contributed by atoms with Crippen LogP contribution in [0.1, 0.15) is 26.5 Å². The number of carbonyl (C=O) groups is 4. The number of amides is 2. The Bertz CT molecular complexity index is 1060. The molecule has 0 bridgehead atoms. The zero-order valence-corrected chi connectivity index (χ0v) is 19.9. The molecule has 3 heterocycles. The molecule has 1 saturated heterocycles. The van der Waals surface area contributed by atoms with Crippen molar-refractivity contribution < 1.29 is 33.9 Å². The number of fused-ring (bicyclic) bond motifs is 1. The lowest BCUT2D eigenvalue weighted by atomic mass is 9.97. The van der Waals surface area contributed by atoms with E-state index in [4.69, 9.17) is 15.3 Å². The minimum Gasteiger partial charge on any atom is -0.477 e. The number of carbonyl (C=O) groups excluding carboxylic acids is 3. The van der Waals surface area contributed by atoms with E-state index in [1.165, 1.54) is 24.3 Å². The van der Waals surface area contributed by atoms with Gasteiger partial charge in [-0.15, -0.1) is 23.1 Å². The van der Waals surface area contributed by atoms with Crippen LogP contribution in [0.25, 0.3) is 0 Å². The van der Waals surface area contributed by atoms with Crippen LogP contribution in [0.5, 0.6) is 0 Å². The van der Waals surface area contributed by atoms with Crippen molar-refractivity contribution in [3.8, 4) is 0 Å². The number of hydrogen-bond acceptors (Lipinski definition) is 11. The van der Waals surface area contributed by atoms with Gasteiger partial charge in [-0.3, -0.25) is 19.3 Å². The fraction of sp³-hybridized carbons (Fsp3) is 0.474. The van der Waals surface area contributed by atoms with E-state index in [9.17, 15) is 24.3 Å². The SMILES string of the molecule is CON=C(C(=O)NC1C(=O)N2C(C(=O)O)=C(COC(=O)C(C)(C)C)CS[C@@H]12)c1csc(N)n1. The summed E-state index contributed by atoms with van der Waals surface area (Å²) in [7, 11) is 1.26. The van der Waals surface area contributed by atoms with Crippen molar-refractivity contribution in [1.82, 2.24) is 15.2 Å². The smallest absolute Gasteiger partial charge is 0.352 e. The number of ether oxygens (including phenoxy) is 1. The van der Waals surface area contributed by atoms with E-state index in [2.05, 4.69) is 15.5 Å².